The average molecular weight is 282 g/mol. The van der Waals surface area contributed by atoms with E-state index >= 15 is 0 Å². The molecule has 0 bridgehead atoms. The zero-order valence-corrected chi connectivity index (χ0v) is 12.3. The summed E-state index contributed by atoms with van der Waals surface area (Å²) in [5.74, 6) is -0.491. The maximum Gasteiger partial charge on any atom is 0.325 e. The van der Waals surface area contributed by atoms with Gasteiger partial charge in [-0.15, -0.1) is 0 Å². The van der Waals surface area contributed by atoms with Gasteiger partial charge in [0.1, 0.15) is 12.3 Å². The predicted octanol–water partition coefficient (Wildman–Crippen LogP) is 0.654. The molecule has 0 spiro atoms. The largest absolute Gasteiger partial charge is 0.468 e. The van der Waals surface area contributed by atoms with E-state index in [0.717, 1.165) is 11.1 Å². The zero-order valence-electron chi connectivity index (χ0n) is 12.3. The maximum absolute atomic E-state index is 11.6. The minimum Gasteiger partial charge on any atom is -0.468 e. The lowest BCUT2D eigenvalue weighted by Crippen LogP contribution is -2.43. The van der Waals surface area contributed by atoms with Gasteiger partial charge in [-0.1, -0.05) is 12.1 Å². The summed E-state index contributed by atoms with van der Waals surface area (Å²) in [5, 5.41) is 13.0. The highest BCUT2D eigenvalue weighted by Gasteiger charge is 2.23. The molecule has 0 fully saturated rings. The van der Waals surface area contributed by atoms with Crippen LogP contribution in [0.1, 0.15) is 22.9 Å². The number of nitrogen functional groups attached to an aromatic ring is 1. The topological polar surface area (TPSA) is 93.8 Å². The van der Waals surface area contributed by atoms with Crippen molar-refractivity contribution in [3.63, 3.8) is 0 Å². The van der Waals surface area contributed by atoms with Gasteiger partial charge in [0.15, 0.2) is 0 Å². The number of nitrogens with two attached hydrogens (primary N) is 1. The maximum atomic E-state index is 11.6. The van der Waals surface area contributed by atoms with Crippen LogP contribution in [0, 0.1) is 13.8 Å². The van der Waals surface area contributed by atoms with Crippen molar-refractivity contribution in [2.45, 2.75) is 26.1 Å². The summed E-state index contributed by atoms with van der Waals surface area (Å²) in [4.78, 5) is 11.6. The second-order valence-corrected chi connectivity index (χ2v) is 4.67. The lowest BCUT2D eigenvalue weighted by atomic mass is 10.0. The van der Waals surface area contributed by atoms with Gasteiger partial charge in [0.25, 0.3) is 0 Å². The van der Waals surface area contributed by atoms with Crippen LogP contribution in [0.25, 0.3) is 0 Å². The highest BCUT2D eigenvalue weighted by Crippen LogP contribution is 2.22. The molecule has 0 heterocycles. The van der Waals surface area contributed by atoms with E-state index in [4.69, 9.17) is 10.5 Å². The number of benzene rings is 1. The summed E-state index contributed by atoms with van der Waals surface area (Å²) in [5.41, 5.74) is 8.96. The Morgan fingerprint density at radius 2 is 1.90 bits per heavy atom. The highest BCUT2D eigenvalue weighted by atomic mass is 16.5. The van der Waals surface area contributed by atoms with Crippen LogP contribution >= 0.6 is 0 Å². The Morgan fingerprint density at radius 3 is 2.35 bits per heavy atom. The van der Waals surface area contributed by atoms with Crippen LogP contribution in [0.4, 0.5) is 5.69 Å². The van der Waals surface area contributed by atoms with Crippen molar-refractivity contribution in [3.05, 3.63) is 28.8 Å². The predicted molar refractivity (Wildman–Crippen MR) is 76.1 cm³/mol. The van der Waals surface area contributed by atoms with E-state index in [0.29, 0.717) is 11.3 Å². The number of carbonyl (C=O) groups is 1. The van der Waals surface area contributed by atoms with Crippen LogP contribution < -0.4 is 11.1 Å². The number of rotatable bonds is 6. The monoisotopic (exact) mass is 282 g/mol. The number of ether oxygens (including phenoxy) is 2. The van der Waals surface area contributed by atoms with Gasteiger partial charge < -0.3 is 20.3 Å². The Labute approximate surface area is 118 Å². The first-order valence-corrected chi connectivity index (χ1v) is 6.28. The first-order chi connectivity index (χ1) is 9.40. The standard InChI is InChI=1S/C14H22N2O4/c1-8-5-10(6-9(2)12(8)15)13(17)16-11(7-19-3)14(18)20-4/h5-6,11,13,16-17H,7,15H2,1-4H3/t11-,13?/m0/s1. The smallest absolute Gasteiger partial charge is 0.325 e. The summed E-state index contributed by atoms with van der Waals surface area (Å²) < 4.78 is 9.59. The van der Waals surface area contributed by atoms with Gasteiger partial charge in [0.2, 0.25) is 0 Å². The summed E-state index contributed by atoms with van der Waals surface area (Å²) in [7, 11) is 2.76. The molecule has 0 aliphatic heterocycles. The fourth-order valence-corrected chi connectivity index (χ4v) is 1.95. The number of hydrogen-bond acceptors (Lipinski definition) is 6. The molecule has 112 valence electrons. The first-order valence-electron chi connectivity index (χ1n) is 6.28. The van der Waals surface area contributed by atoms with E-state index in [1.54, 1.807) is 12.1 Å². The average Bonchev–Trinajstić information content (AvgIpc) is 2.42. The molecule has 0 saturated carbocycles. The second-order valence-electron chi connectivity index (χ2n) is 4.67. The Morgan fingerprint density at radius 1 is 1.35 bits per heavy atom. The number of aryl methyl sites for hydroxylation is 2. The van der Waals surface area contributed by atoms with E-state index in [1.807, 2.05) is 13.8 Å². The molecule has 20 heavy (non-hydrogen) atoms. The lowest BCUT2D eigenvalue weighted by Gasteiger charge is -2.21. The van der Waals surface area contributed by atoms with Crippen LogP contribution in [-0.4, -0.2) is 37.9 Å². The summed E-state index contributed by atoms with van der Waals surface area (Å²) in [6, 6.07) is 2.82. The van der Waals surface area contributed by atoms with Crippen LogP contribution in [-0.2, 0) is 14.3 Å². The van der Waals surface area contributed by atoms with Gasteiger partial charge >= 0.3 is 5.97 Å². The second kappa shape index (κ2) is 7.23. The number of hydrogen-bond donors (Lipinski definition) is 3. The molecule has 0 aliphatic rings. The molecule has 1 aromatic rings. The van der Waals surface area contributed by atoms with Crippen molar-refractivity contribution in [1.29, 1.82) is 0 Å². The highest BCUT2D eigenvalue weighted by molar-refractivity contribution is 5.75. The van der Waals surface area contributed by atoms with E-state index < -0.39 is 18.2 Å². The fraction of sp³-hybridized carbons (Fsp3) is 0.500. The van der Waals surface area contributed by atoms with Crippen molar-refractivity contribution in [3.8, 4) is 0 Å². The van der Waals surface area contributed by atoms with Gasteiger partial charge in [0, 0.05) is 12.8 Å². The van der Waals surface area contributed by atoms with Crippen molar-refractivity contribution in [1.82, 2.24) is 5.32 Å². The Hall–Kier alpha value is -1.63. The minimum atomic E-state index is -1.01. The molecule has 0 saturated heterocycles. The minimum absolute atomic E-state index is 0.108. The summed E-state index contributed by atoms with van der Waals surface area (Å²) >= 11 is 0. The molecule has 6 nitrogen and oxygen atoms in total. The number of aliphatic hydroxyl groups is 1. The van der Waals surface area contributed by atoms with E-state index in [-0.39, 0.29) is 6.61 Å². The number of methoxy groups -OCH3 is 2. The van der Waals surface area contributed by atoms with Crippen LogP contribution in [0.2, 0.25) is 0 Å². The third-order valence-corrected chi connectivity index (χ3v) is 3.11. The first kappa shape index (κ1) is 16.4. The Kier molecular flexibility index (Phi) is 5.94. The number of esters is 1. The molecular weight excluding hydrogens is 260 g/mol. The van der Waals surface area contributed by atoms with Gasteiger partial charge in [-0.25, -0.2) is 0 Å². The van der Waals surface area contributed by atoms with E-state index in [2.05, 4.69) is 10.1 Å². The molecule has 2 atom stereocenters. The van der Waals surface area contributed by atoms with Gasteiger partial charge in [-0.3, -0.25) is 10.1 Å². The number of aliphatic hydroxyl groups excluding tert-OH is 1. The number of carbonyl (C=O) groups excluding carboxylic acids is 1. The lowest BCUT2D eigenvalue weighted by molar-refractivity contribution is -0.145. The quantitative estimate of drug-likeness (QED) is 0.403. The molecule has 0 amide bonds. The molecule has 6 heteroatoms. The normalized spacial score (nSPS) is 13.8. The van der Waals surface area contributed by atoms with E-state index in [1.165, 1.54) is 14.2 Å². The Bertz CT molecular complexity index is 453. The molecule has 1 unspecified atom stereocenters. The fourth-order valence-electron chi connectivity index (χ4n) is 1.95. The molecule has 1 rings (SSSR count). The third kappa shape index (κ3) is 3.93. The van der Waals surface area contributed by atoms with Gasteiger partial charge in [-0.05, 0) is 30.5 Å². The third-order valence-electron chi connectivity index (χ3n) is 3.11. The number of anilines is 1. The van der Waals surface area contributed by atoms with Crippen molar-refractivity contribution in [2.75, 3.05) is 26.6 Å². The van der Waals surface area contributed by atoms with Crippen LogP contribution in [0.3, 0.4) is 0 Å². The molecule has 0 aliphatic carbocycles. The van der Waals surface area contributed by atoms with Gasteiger partial charge in [-0.2, -0.15) is 0 Å². The zero-order chi connectivity index (χ0) is 15.3. The molecule has 1 aromatic carbocycles. The SMILES string of the molecule is COC[C@H](NC(O)c1cc(C)c(N)c(C)c1)C(=O)OC. The van der Waals surface area contributed by atoms with Crippen LogP contribution in [0.15, 0.2) is 12.1 Å². The molecular formula is C14H22N2O4. The molecule has 0 radical (unpaired) electrons. The van der Waals surface area contributed by atoms with E-state index in [9.17, 15) is 9.90 Å². The number of nitrogens with one attached hydrogen (secondary N) is 1. The van der Waals surface area contributed by atoms with Crippen molar-refractivity contribution >= 4 is 11.7 Å². The van der Waals surface area contributed by atoms with Crippen molar-refractivity contribution in [2.24, 2.45) is 0 Å². The summed E-state index contributed by atoms with van der Waals surface area (Å²) in [6.45, 7) is 3.84. The van der Waals surface area contributed by atoms with Crippen molar-refractivity contribution < 1.29 is 19.4 Å². The molecule has 0 aromatic heterocycles. The molecule has 4 N–H and O–H groups in total. The van der Waals surface area contributed by atoms with Gasteiger partial charge in [0.05, 0.1) is 13.7 Å². The Balaban J connectivity index is 2.88. The van der Waals surface area contributed by atoms with Crippen LogP contribution in [0.5, 0.6) is 0 Å². The summed E-state index contributed by atoms with van der Waals surface area (Å²) in [6.07, 6.45) is -1.01.